The van der Waals surface area contributed by atoms with Crippen LogP contribution in [0.1, 0.15) is 12.8 Å². The van der Waals surface area contributed by atoms with E-state index in [-0.39, 0.29) is 0 Å². The van der Waals surface area contributed by atoms with Crippen LogP contribution in [-0.4, -0.2) is 22.9 Å². The van der Waals surface area contributed by atoms with E-state index in [1.165, 1.54) is 0 Å². The van der Waals surface area contributed by atoms with Crippen LogP contribution in [0.25, 0.3) is 0 Å². The van der Waals surface area contributed by atoms with Crippen LogP contribution in [0.5, 0.6) is 0 Å². The Morgan fingerprint density at radius 2 is 2.25 bits per heavy atom. The molecule has 8 heavy (non-hydrogen) atoms. The molecule has 1 aliphatic heterocycles. The molecule has 1 heterocycles. The molecule has 0 aromatic heterocycles. The van der Waals surface area contributed by atoms with E-state index < -0.39 is 11.2 Å². The zero-order valence-electron chi connectivity index (χ0n) is 4.76. The second-order valence-electron chi connectivity index (χ2n) is 1.88. The summed E-state index contributed by atoms with van der Waals surface area (Å²) in [7, 11) is 0. The maximum atomic E-state index is 10.7. The van der Waals surface area contributed by atoms with E-state index in [0.717, 1.165) is 25.2 Å². The standard InChI is InChI=1S/C5H10O2S/c6-8-4-2-1-3-7-5-8/h1-5H2. The van der Waals surface area contributed by atoms with Gasteiger partial charge >= 0.3 is 0 Å². The molecule has 1 unspecified atom stereocenters. The summed E-state index contributed by atoms with van der Waals surface area (Å²) in [5.41, 5.74) is 0. The first kappa shape index (κ1) is 6.39. The summed E-state index contributed by atoms with van der Waals surface area (Å²) in [6, 6.07) is 0. The molecule has 0 radical (unpaired) electrons. The Kier molecular flexibility index (Phi) is 2.66. The van der Waals surface area contributed by atoms with Crippen LogP contribution in [0.15, 0.2) is 0 Å². The van der Waals surface area contributed by atoms with Gasteiger partial charge in [0.15, 0.2) is 0 Å². The predicted molar refractivity (Wildman–Crippen MR) is 33.1 cm³/mol. The predicted octanol–water partition coefficient (Wildman–Crippen LogP) is 0.503. The summed E-state index contributed by atoms with van der Waals surface area (Å²) in [6.45, 7) is 0.797. The van der Waals surface area contributed by atoms with Crippen LogP contribution in [-0.2, 0) is 15.9 Å². The first-order valence-electron chi connectivity index (χ1n) is 2.82. The van der Waals surface area contributed by atoms with Crippen molar-refractivity contribution >= 4 is 11.2 Å². The maximum Gasteiger partial charge on any atom is 0.205 e. The van der Waals surface area contributed by atoms with Crippen LogP contribution in [0.2, 0.25) is 0 Å². The Morgan fingerprint density at radius 3 is 3.12 bits per heavy atom. The van der Waals surface area contributed by atoms with Crippen LogP contribution in [0, 0.1) is 0 Å². The summed E-state index contributed by atoms with van der Waals surface area (Å²) >= 11 is -0.680. The van der Waals surface area contributed by atoms with Crippen molar-refractivity contribution in [3.63, 3.8) is 0 Å². The molecule has 0 N–H and O–H groups in total. The van der Waals surface area contributed by atoms with Gasteiger partial charge in [0.25, 0.3) is 0 Å². The smallest absolute Gasteiger partial charge is 0.205 e. The van der Waals surface area contributed by atoms with Gasteiger partial charge in [-0.15, -0.1) is 0 Å². The van der Waals surface area contributed by atoms with Gasteiger partial charge in [0.1, 0.15) is 5.75 Å². The Morgan fingerprint density at radius 1 is 1.38 bits per heavy atom. The molecule has 0 aromatic carbocycles. The molecule has 0 aromatic rings. The molecule has 0 bridgehead atoms. The highest BCUT2D eigenvalue weighted by atomic mass is 32.2. The highest BCUT2D eigenvalue weighted by Gasteiger charge is 2.08. The average molecular weight is 134 g/mol. The molecule has 3 heteroatoms. The first-order chi connectivity index (χ1) is 3.89. The van der Waals surface area contributed by atoms with E-state index in [2.05, 4.69) is 0 Å². The van der Waals surface area contributed by atoms with Crippen molar-refractivity contribution in [2.75, 3.05) is 18.3 Å². The van der Waals surface area contributed by atoms with E-state index in [0.29, 0.717) is 5.94 Å². The molecule has 1 atom stereocenters. The molecule has 0 aliphatic carbocycles. The van der Waals surface area contributed by atoms with Gasteiger partial charge in [-0.1, -0.05) is 0 Å². The largest absolute Gasteiger partial charge is 0.615 e. The molecule has 0 amide bonds. The van der Waals surface area contributed by atoms with Gasteiger partial charge in [0.05, 0.1) is 6.61 Å². The van der Waals surface area contributed by atoms with Gasteiger partial charge in [-0.05, 0) is 24.0 Å². The number of hydrogen-bond acceptors (Lipinski definition) is 2. The second kappa shape index (κ2) is 3.33. The molecule has 0 saturated carbocycles. The van der Waals surface area contributed by atoms with Gasteiger partial charge in [-0.3, -0.25) is 0 Å². The third-order valence-corrected chi connectivity index (χ3v) is 2.30. The lowest BCUT2D eigenvalue weighted by atomic mass is 10.4. The molecule has 1 fully saturated rings. The van der Waals surface area contributed by atoms with Crippen molar-refractivity contribution in [1.82, 2.24) is 0 Å². The third-order valence-electron chi connectivity index (χ3n) is 1.13. The van der Waals surface area contributed by atoms with Gasteiger partial charge in [0.2, 0.25) is 5.94 Å². The zero-order chi connectivity index (χ0) is 5.82. The van der Waals surface area contributed by atoms with Gasteiger partial charge in [-0.25, -0.2) is 0 Å². The van der Waals surface area contributed by atoms with Crippen molar-refractivity contribution in [2.45, 2.75) is 12.8 Å². The van der Waals surface area contributed by atoms with Crippen molar-refractivity contribution in [3.05, 3.63) is 0 Å². The summed E-state index contributed by atoms with van der Waals surface area (Å²) in [5.74, 6) is 1.29. The van der Waals surface area contributed by atoms with Gasteiger partial charge in [-0.2, -0.15) is 0 Å². The molecular weight excluding hydrogens is 124 g/mol. The molecule has 1 rings (SSSR count). The molecule has 48 valence electrons. The third kappa shape index (κ3) is 2.03. The summed E-state index contributed by atoms with van der Waals surface area (Å²) in [6.07, 6.45) is 2.14. The normalized spacial score (nSPS) is 31.9. The number of hydrogen-bond donors (Lipinski definition) is 0. The minimum Gasteiger partial charge on any atom is -0.615 e. The van der Waals surface area contributed by atoms with Crippen molar-refractivity contribution in [2.24, 2.45) is 0 Å². The lowest BCUT2D eigenvalue weighted by Crippen LogP contribution is -2.09. The number of rotatable bonds is 0. The molecule has 0 spiro atoms. The second-order valence-corrected chi connectivity index (χ2v) is 3.40. The van der Waals surface area contributed by atoms with E-state index >= 15 is 0 Å². The van der Waals surface area contributed by atoms with Crippen molar-refractivity contribution < 1.29 is 9.29 Å². The Bertz CT molecular complexity index is 59.4. The zero-order valence-corrected chi connectivity index (χ0v) is 5.58. The Labute approximate surface area is 52.4 Å². The Hall–Kier alpha value is 0.270. The van der Waals surface area contributed by atoms with E-state index in [4.69, 9.17) is 4.74 Å². The summed E-state index contributed by atoms with van der Waals surface area (Å²) in [4.78, 5) is 0. The fraction of sp³-hybridized carbons (Fsp3) is 1.00. The van der Waals surface area contributed by atoms with E-state index in [1.807, 2.05) is 0 Å². The minimum atomic E-state index is -0.680. The quantitative estimate of drug-likeness (QED) is 0.452. The average Bonchev–Trinajstić information content (AvgIpc) is 1.94. The fourth-order valence-electron chi connectivity index (χ4n) is 0.678. The minimum absolute atomic E-state index is 0.458. The van der Waals surface area contributed by atoms with Gasteiger partial charge < -0.3 is 9.29 Å². The van der Waals surface area contributed by atoms with Gasteiger partial charge in [0, 0.05) is 0 Å². The van der Waals surface area contributed by atoms with Crippen LogP contribution in [0.4, 0.5) is 0 Å². The number of ether oxygens (including phenoxy) is 1. The SMILES string of the molecule is [O-][S+]1CCCCOC1. The van der Waals surface area contributed by atoms with E-state index in [1.54, 1.807) is 0 Å². The molecule has 1 saturated heterocycles. The van der Waals surface area contributed by atoms with Crippen molar-refractivity contribution in [3.8, 4) is 0 Å². The van der Waals surface area contributed by atoms with Crippen LogP contribution >= 0.6 is 0 Å². The van der Waals surface area contributed by atoms with Crippen LogP contribution in [0.3, 0.4) is 0 Å². The lowest BCUT2D eigenvalue weighted by Gasteiger charge is -2.04. The topological polar surface area (TPSA) is 32.3 Å². The lowest BCUT2D eigenvalue weighted by molar-refractivity contribution is 0.179. The summed E-state index contributed by atoms with van der Waals surface area (Å²) < 4.78 is 15.7. The molecule has 1 aliphatic rings. The fourth-order valence-corrected chi connectivity index (χ4v) is 1.63. The monoisotopic (exact) mass is 134 g/mol. The Balaban J connectivity index is 2.17. The molecular formula is C5H10O2S. The maximum absolute atomic E-state index is 10.7. The molecule has 2 nitrogen and oxygen atoms in total. The highest BCUT2D eigenvalue weighted by Crippen LogP contribution is 2.03. The van der Waals surface area contributed by atoms with Crippen molar-refractivity contribution in [1.29, 1.82) is 0 Å². The van der Waals surface area contributed by atoms with E-state index in [9.17, 15) is 4.55 Å². The highest BCUT2D eigenvalue weighted by molar-refractivity contribution is 7.91. The summed E-state index contributed by atoms with van der Waals surface area (Å²) in [5, 5.41) is 0. The first-order valence-corrected chi connectivity index (χ1v) is 4.31. The van der Waals surface area contributed by atoms with Crippen LogP contribution < -0.4 is 0 Å².